The molecule has 5 heteroatoms. The van der Waals surface area contributed by atoms with Crippen LogP contribution < -0.4 is 0 Å². The number of benzene rings is 1. The first-order chi connectivity index (χ1) is 11.9. The van der Waals surface area contributed by atoms with Gasteiger partial charge >= 0.3 is 0 Å². The summed E-state index contributed by atoms with van der Waals surface area (Å²) in [6.07, 6.45) is 7.01. The molecule has 0 spiro atoms. The number of nitrogens with zero attached hydrogens (tertiary/aromatic N) is 2. The third kappa shape index (κ3) is 3.60. The van der Waals surface area contributed by atoms with Gasteiger partial charge in [-0.2, -0.15) is 0 Å². The van der Waals surface area contributed by atoms with Crippen LogP contribution in [0, 0.1) is 33.8 Å². The summed E-state index contributed by atoms with van der Waals surface area (Å²) < 4.78 is 0. The van der Waals surface area contributed by atoms with Gasteiger partial charge in [0.15, 0.2) is 0 Å². The van der Waals surface area contributed by atoms with Gasteiger partial charge in [-0.1, -0.05) is 26.0 Å². The number of hydrogen-bond donors (Lipinski definition) is 0. The number of amides is 1. The summed E-state index contributed by atoms with van der Waals surface area (Å²) in [6.45, 7) is 7.11. The number of non-ortho nitro benzene ring substituents is 1. The molecule has 25 heavy (non-hydrogen) atoms. The summed E-state index contributed by atoms with van der Waals surface area (Å²) in [4.78, 5) is 25.5. The van der Waals surface area contributed by atoms with Crippen molar-refractivity contribution >= 4 is 11.6 Å². The van der Waals surface area contributed by atoms with Crippen molar-refractivity contribution in [1.82, 2.24) is 4.90 Å². The Balaban J connectivity index is 1.79. The van der Waals surface area contributed by atoms with Crippen molar-refractivity contribution in [3.05, 3.63) is 52.1 Å². The highest BCUT2D eigenvalue weighted by Crippen LogP contribution is 2.44. The predicted molar refractivity (Wildman–Crippen MR) is 97.3 cm³/mol. The Bertz CT molecular complexity index is 681. The number of carbonyl (C=O) groups is 1. The maximum absolute atomic E-state index is 13.1. The largest absolute Gasteiger partial charge is 0.335 e. The second kappa shape index (κ2) is 6.98. The van der Waals surface area contributed by atoms with E-state index in [1.165, 1.54) is 18.6 Å². The number of rotatable bonds is 6. The summed E-state index contributed by atoms with van der Waals surface area (Å²) in [5.74, 6) is 2.13. The highest BCUT2D eigenvalue weighted by Gasteiger charge is 2.38. The minimum absolute atomic E-state index is 0.0123. The standard InChI is InChI=1S/C20H26N2O3/c1-13(2)14(3)21(12-18-11-15-4-5-17(18)10-15)20(23)16-6-8-19(9-7-16)22(24)25/h4-9,13-15,17-18H,10-12H2,1-3H3. The lowest BCUT2D eigenvalue weighted by Gasteiger charge is -2.35. The zero-order valence-electron chi connectivity index (χ0n) is 15.1. The molecule has 0 N–H and O–H groups in total. The second-order valence-corrected chi connectivity index (χ2v) is 7.79. The topological polar surface area (TPSA) is 63.5 Å². The Hall–Kier alpha value is -2.17. The zero-order chi connectivity index (χ0) is 18.1. The van der Waals surface area contributed by atoms with Crippen LogP contribution in [-0.4, -0.2) is 28.3 Å². The van der Waals surface area contributed by atoms with Gasteiger partial charge < -0.3 is 4.90 Å². The van der Waals surface area contributed by atoms with Crippen LogP contribution in [0.15, 0.2) is 36.4 Å². The van der Waals surface area contributed by atoms with Gasteiger partial charge in [0.05, 0.1) is 4.92 Å². The lowest BCUT2D eigenvalue weighted by molar-refractivity contribution is -0.384. The molecule has 1 fully saturated rings. The summed E-state index contributed by atoms with van der Waals surface area (Å²) in [5, 5.41) is 10.8. The number of carbonyl (C=O) groups excluding carboxylic acids is 1. The van der Waals surface area contributed by atoms with Crippen LogP contribution in [0.5, 0.6) is 0 Å². The quantitative estimate of drug-likeness (QED) is 0.440. The summed E-state index contributed by atoms with van der Waals surface area (Å²) in [6, 6.07) is 6.09. The first-order valence-corrected chi connectivity index (χ1v) is 9.10. The third-order valence-corrected chi connectivity index (χ3v) is 5.89. The molecule has 1 saturated carbocycles. The minimum Gasteiger partial charge on any atom is -0.335 e. The van der Waals surface area contributed by atoms with Crippen molar-refractivity contribution in [2.45, 2.75) is 39.7 Å². The average Bonchev–Trinajstić information content (AvgIpc) is 3.21. The molecule has 2 bridgehead atoms. The molecule has 0 heterocycles. The van der Waals surface area contributed by atoms with Gasteiger partial charge in [-0.3, -0.25) is 14.9 Å². The smallest absolute Gasteiger partial charge is 0.269 e. The van der Waals surface area contributed by atoms with E-state index in [0.29, 0.717) is 29.2 Å². The van der Waals surface area contributed by atoms with Gasteiger partial charge in [-0.05, 0) is 55.6 Å². The molecule has 0 aromatic heterocycles. The molecule has 4 unspecified atom stereocenters. The van der Waals surface area contributed by atoms with Crippen molar-refractivity contribution in [2.24, 2.45) is 23.7 Å². The maximum atomic E-state index is 13.1. The Morgan fingerprint density at radius 1 is 1.20 bits per heavy atom. The monoisotopic (exact) mass is 342 g/mol. The van der Waals surface area contributed by atoms with E-state index >= 15 is 0 Å². The lowest BCUT2D eigenvalue weighted by atomic mass is 9.91. The van der Waals surface area contributed by atoms with Crippen molar-refractivity contribution in [2.75, 3.05) is 6.54 Å². The molecule has 0 radical (unpaired) electrons. The number of nitro groups is 1. The Kier molecular flexibility index (Phi) is 4.93. The van der Waals surface area contributed by atoms with Crippen LogP contribution in [0.3, 0.4) is 0 Å². The van der Waals surface area contributed by atoms with E-state index in [9.17, 15) is 14.9 Å². The molecular weight excluding hydrogens is 316 g/mol. The van der Waals surface area contributed by atoms with Gasteiger partial charge in [-0.25, -0.2) is 0 Å². The zero-order valence-corrected chi connectivity index (χ0v) is 15.1. The molecule has 134 valence electrons. The number of allylic oxidation sites excluding steroid dienone is 2. The Morgan fingerprint density at radius 3 is 2.36 bits per heavy atom. The fraction of sp³-hybridized carbons (Fsp3) is 0.550. The molecule has 5 nitrogen and oxygen atoms in total. The average molecular weight is 342 g/mol. The van der Waals surface area contributed by atoms with Crippen LogP contribution in [0.1, 0.15) is 44.0 Å². The molecular formula is C20H26N2O3. The molecule has 4 atom stereocenters. The first kappa shape index (κ1) is 17.6. The van der Waals surface area contributed by atoms with E-state index in [0.717, 1.165) is 13.0 Å². The molecule has 0 saturated heterocycles. The first-order valence-electron chi connectivity index (χ1n) is 9.10. The molecule has 2 aliphatic carbocycles. The minimum atomic E-state index is -0.440. The highest BCUT2D eigenvalue weighted by atomic mass is 16.6. The molecule has 3 rings (SSSR count). The van der Waals surface area contributed by atoms with Crippen LogP contribution in [-0.2, 0) is 0 Å². The SMILES string of the molecule is CC(C)C(C)N(CC1CC2C=CC1C2)C(=O)c1ccc([N+](=O)[O-])cc1. The van der Waals surface area contributed by atoms with Crippen LogP contribution >= 0.6 is 0 Å². The van der Waals surface area contributed by atoms with E-state index in [1.807, 2.05) is 4.90 Å². The highest BCUT2D eigenvalue weighted by molar-refractivity contribution is 5.94. The number of hydrogen-bond acceptors (Lipinski definition) is 3. The van der Waals surface area contributed by atoms with E-state index in [4.69, 9.17) is 0 Å². The second-order valence-electron chi connectivity index (χ2n) is 7.79. The summed E-state index contributed by atoms with van der Waals surface area (Å²) >= 11 is 0. The van der Waals surface area contributed by atoms with E-state index in [1.54, 1.807) is 12.1 Å². The molecule has 1 aromatic rings. The van der Waals surface area contributed by atoms with Crippen LogP contribution in [0.25, 0.3) is 0 Å². The van der Waals surface area contributed by atoms with Crippen molar-refractivity contribution in [3.8, 4) is 0 Å². The number of nitro benzene ring substituents is 1. The van der Waals surface area contributed by atoms with Gasteiger partial charge in [-0.15, -0.1) is 0 Å². The van der Waals surface area contributed by atoms with E-state index in [2.05, 4.69) is 32.9 Å². The van der Waals surface area contributed by atoms with Gasteiger partial charge in [0, 0.05) is 30.3 Å². The molecule has 1 aromatic carbocycles. The Morgan fingerprint density at radius 2 is 1.88 bits per heavy atom. The third-order valence-electron chi connectivity index (χ3n) is 5.89. The van der Waals surface area contributed by atoms with Crippen molar-refractivity contribution in [3.63, 3.8) is 0 Å². The summed E-state index contributed by atoms with van der Waals surface area (Å²) in [5.41, 5.74) is 0.537. The Labute approximate surface area is 148 Å². The molecule has 2 aliphatic rings. The maximum Gasteiger partial charge on any atom is 0.269 e. The van der Waals surface area contributed by atoms with Crippen LogP contribution in [0.2, 0.25) is 0 Å². The van der Waals surface area contributed by atoms with Crippen molar-refractivity contribution < 1.29 is 9.72 Å². The normalized spacial score (nSPS) is 25.4. The van der Waals surface area contributed by atoms with Gasteiger partial charge in [0.1, 0.15) is 0 Å². The lowest BCUT2D eigenvalue weighted by Crippen LogP contribution is -2.44. The van der Waals surface area contributed by atoms with Gasteiger partial charge in [0.2, 0.25) is 0 Å². The number of fused-ring (bicyclic) bond motifs is 2. The van der Waals surface area contributed by atoms with E-state index < -0.39 is 4.92 Å². The fourth-order valence-corrected chi connectivity index (χ4v) is 4.04. The van der Waals surface area contributed by atoms with E-state index in [-0.39, 0.29) is 17.6 Å². The molecule has 1 amide bonds. The molecule has 0 aliphatic heterocycles. The van der Waals surface area contributed by atoms with Gasteiger partial charge in [0.25, 0.3) is 11.6 Å². The fourth-order valence-electron chi connectivity index (χ4n) is 4.04. The van der Waals surface area contributed by atoms with Crippen LogP contribution in [0.4, 0.5) is 5.69 Å². The predicted octanol–water partition coefficient (Wildman–Crippen LogP) is 4.29. The summed E-state index contributed by atoms with van der Waals surface area (Å²) in [7, 11) is 0. The van der Waals surface area contributed by atoms with Crippen molar-refractivity contribution in [1.29, 1.82) is 0 Å².